The number of nitrogens with two attached hydrogens (primary N) is 2. The molecule has 0 spiro atoms. The summed E-state index contributed by atoms with van der Waals surface area (Å²) >= 11 is 0. The summed E-state index contributed by atoms with van der Waals surface area (Å²) in [6, 6.07) is 18.7. The highest BCUT2D eigenvalue weighted by Crippen LogP contribution is 2.36. The standard InChI is InChI=1S/C32H30F3N5O2.C5H10O2/c1-39-18-22(20-6-3-2-4-7-20)16-29(39)32(42)40(37)28(14-19-12-23(33)17-24(34)13-19)30-25(8-5-11-38-30)21-9-10-27(35)26(15-21)31(36)41;1-5(2,3)7-4-6/h2-13,15,17,22,28-29H,14,16,18,37H2,1H3,(H2,36,41);4H,1-3H3. The number of amides is 2. The van der Waals surface area contributed by atoms with E-state index in [1.807, 2.05) is 63.1 Å². The lowest BCUT2D eigenvalue weighted by atomic mass is 9.93. The molecule has 1 aromatic heterocycles. The number of pyridine rings is 1. The van der Waals surface area contributed by atoms with E-state index in [1.54, 1.807) is 12.1 Å². The van der Waals surface area contributed by atoms with Gasteiger partial charge in [-0.1, -0.05) is 42.5 Å². The zero-order chi connectivity index (χ0) is 35.9. The molecule has 0 bridgehead atoms. The summed E-state index contributed by atoms with van der Waals surface area (Å²) in [5, 5.41) is 1.07. The predicted octanol–water partition coefficient (Wildman–Crippen LogP) is 5.70. The average molecular weight is 676 g/mol. The second-order valence-corrected chi connectivity index (χ2v) is 12.9. The largest absolute Gasteiger partial charge is 0.462 e. The molecular weight excluding hydrogens is 635 g/mol. The van der Waals surface area contributed by atoms with Crippen LogP contribution in [-0.4, -0.2) is 58.4 Å². The van der Waals surface area contributed by atoms with E-state index in [2.05, 4.69) is 9.72 Å². The Balaban J connectivity index is 0.000000698. The van der Waals surface area contributed by atoms with Crippen LogP contribution in [-0.2, 0) is 20.7 Å². The fourth-order valence-corrected chi connectivity index (χ4v) is 5.81. The maximum Gasteiger partial charge on any atom is 0.293 e. The third-order valence-corrected chi connectivity index (χ3v) is 8.14. The van der Waals surface area contributed by atoms with Gasteiger partial charge in [0.25, 0.3) is 18.3 Å². The third kappa shape index (κ3) is 9.52. The van der Waals surface area contributed by atoms with Crippen LogP contribution in [0.2, 0.25) is 0 Å². The molecule has 4 N–H and O–H groups in total. The van der Waals surface area contributed by atoms with Gasteiger partial charge in [-0.3, -0.25) is 29.3 Å². The minimum absolute atomic E-state index is 0.0661. The first-order valence-electron chi connectivity index (χ1n) is 15.6. The maximum atomic E-state index is 14.3. The zero-order valence-corrected chi connectivity index (χ0v) is 27.8. The molecule has 3 aromatic carbocycles. The number of likely N-dealkylation sites (N-methyl/N-ethyl adjacent to an activating group) is 1. The van der Waals surface area contributed by atoms with Crippen LogP contribution >= 0.6 is 0 Å². The lowest BCUT2D eigenvalue weighted by molar-refractivity contribution is -0.139. The summed E-state index contributed by atoms with van der Waals surface area (Å²) in [7, 11) is 1.85. The molecule has 49 heavy (non-hydrogen) atoms. The number of rotatable bonds is 9. The van der Waals surface area contributed by atoms with E-state index in [9.17, 15) is 27.6 Å². The second-order valence-electron chi connectivity index (χ2n) is 12.9. The number of ether oxygens (including phenoxy) is 1. The number of hydrogen-bond donors (Lipinski definition) is 2. The number of carbonyl (C=O) groups excluding carboxylic acids is 3. The van der Waals surface area contributed by atoms with Crippen molar-refractivity contribution in [2.75, 3.05) is 13.6 Å². The lowest BCUT2D eigenvalue weighted by Gasteiger charge is -2.32. The molecule has 258 valence electrons. The zero-order valence-electron chi connectivity index (χ0n) is 27.8. The van der Waals surface area contributed by atoms with E-state index in [-0.39, 0.29) is 35.0 Å². The summed E-state index contributed by atoms with van der Waals surface area (Å²) in [6.07, 6.45) is 1.97. The van der Waals surface area contributed by atoms with Crippen molar-refractivity contribution in [3.05, 3.63) is 125 Å². The summed E-state index contributed by atoms with van der Waals surface area (Å²) < 4.78 is 47.2. The minimum Gasteiger partial charge on any atom is -0.462 e. The quantitative estimate of drug-likeness (QED) is 0.101. The van der Waals surface area contributed by atoms with E-state index in [0.717, 1.165) is 22.7 Å². The Bertz CT molecular complexity index is 1760. The van der Waals surface area contributed by atoms with Crippen LogP contribution < -0.4 is 11.6 Å². The Morgan fingerprint density at radius 3 is 2.29 bits per heavy atom. The SMILES string of the molecule is CC(C)(C)OC=O.CN1CC(c2ccccc2)CC1C(=O)N(N)C(Cc1cc(F)cc(F)c1)c1ncccc1-c1ccc(F)c(C(N)=O)c1. The number of likely N-dealkylation sites (tertiary alicyclic amines) is 1. The number of hydrogen-bond acceptors (Lipinski definition) is 7. The monoisotopic (exact) mass is 675 g/mol. The van der Waals surface area contributed by atoms with Crippen molar-refractivity contribution in [2.24, 2.45) is 11.6 Å². The van der Waals surface area contributed by atoms with Gasteiger partial charge in [-0.2, -0.15) is 0 Å². The van der Waals surface area contributed by atoms with Crippen LogP contribution in [0.5, 0.6) is 0 Å². The first-order valence-corrected chi connectivity index (χ1v) is 15.6. The fraction of sp³-hybridized carbons (Fsp3) is 0.297. The molecule has 2 heterocycles. The van der Waals surface area contributed by atoms with Gasteiger partial charge in [0.1, 0.15) is 23.1 Å². The van der Waals surface area contributed by atoms with Crippen LogP contribution in [0, 0.1) is 17.5 Å². The Hall–Kier alpha value is -5.07. The third-order valence-electron chi connectivity index (χ3n) is 8.14. The van der Waals surface area contributed by atoms with Crippen LogP contribution in [0.3, 0.4) is 0 Å². The van der Waals surface area contributed by atoms with Gasteiger partial charge in [-0.25, -0.2) is 19.0 Å². The number of primary amides is 1. The number of aromatic nitrogens is 1. The Labute approximate surface area is 283 Å². The van der Waals surface area contributed by atoms with Gasteiger partial charge < -0.3 is 10.5 Å². The highest BCUT2D eigenvalue weighted by molar-refractivity contribution is 5.94. The molecule has 1 aliphatic heterocycles. The minimum atomic E-state index is -0.971. The van der Waals surface area contributed by atoms with Crippen LogP contribution in [0.25, 0.3) is 11.1 Å². The summed E-state index contributed by atoms with van der Waals surface area (Å²) in [5.74, 6) is 3.05. The van der Waals surface area contributed by atoms with Crippen LogP contribution in [0.1, 0.15) is 66.3 Å². The Morgan fingerprint density at radius 2 is 1.69 bits per heavy atom. The van der Waals surface area contributed by atoms with Crippen molar-refractivity contribution >= 4 is 18.3 Å². The molecule has 3 atom stereocenters. The van der Waals surface area contributed by atoms with E-state index < -0.39 is 35.4 Å². The fourth-order valence-electron chi connectivity index (χ4n) is 5.81. The topological polar surface area (TPSA) is 132 Å². The highest BCUT2D eigenvalue weighted by Gasteiger charge is 2.39. The highest BCUT2D eigenvalue weighted by atomic mass is 19.1. The van der Waals surface area contributed by atoms with Gasteiger partial charge in [0.05, 0.1) is 23.3 Å². The number of halogens is 3. The summed E-state index contributed by atoms with van der Waals surface area (Å²) in [5.41, 5.74) is 7.28. The smallest absolute Gasteiger partial charge is 0.293 e. The van der Waals surface area contributed by atoms with E-state index in [0.29, 0.717) is 36.3 Å². The normalized spacial score (nSPS) is 16.7. The van der Waals surface area contributed by atoms with Crippen LogP contribution in [0.4, 0.5) is 13.2 Å². The number of hydrazine groups is 1. The average Bonchev–Trinajstić information content (AvgIpc) is 3.44. The van der Waals surface area contributed by atoms with Gasteiger partial charge in [-0.15, -0.1) is 0 Å². The van der Waals surface area contributed by atoms with Crippen LogP contribution in [0.15, 0.2) is 85.1 Å². The number of benzene rings is 3. The first kappa shape index (κ1) is 36.8. The number of nitrogens with zero attached hydrogens (tertiary/aromatic N) is 3. The van der Waals surface area contributed by atoms with Crippen molar-refractivity contribution in [2.45, 2.75) is 57.2 Å². The second kappa shape index (κ2) is 15.9. The molecular formula is C37H40F3N5O4. The molecule has 1 saturated heterocycles. The van der Waals surface area contributed by atoms with Crippen molar-refractivity contribution in [3.63, 3.8) is 0 Å². The van der Waals surface area contributed by atoms with Gasteiger partial charge in [0.2, 0.25) is 0 Å². The summed E-state index contributed by atoms with van der Waals surface area (Å²) in [6.45, 7) is 6.57. The molecule has 0 saturated carbocycles. The molecule has 3 unspecified atom stereocenters. The molecule has 2 amide bonds. The first-order chi connectivity index (χ1) is 23.2. The Morgan fingerprint density at radius 1 is 1.02 bits per heavy atom. The van der Waals surface area contributed by atoms with E-state index >= 15 is 0 Å². The van der Waals surface area contributed by atoms with Crippen molar-refractivity contribution < 1.29 is 32.3 Å². The molecule has 1 fully saturated rings. The van der Waals surface area contributed by atoms with Crippen molar-refractivity contribution in [1.82, 2.24) is 14.9 Å². The molecule has 9 nitrogen and oxygen atoms in total. The van der Waals surface area contributed by atoms with E-state index in [1.165, 1.54) is 30.5 Å². The van der Waals surface area contributed by atoms with Gasteiger partial charge in [-0.05, 0) is 87.2 Å². The summed E-state index contributed by atoms with van der Waals surface area (Å²) in [4.78, 5) is 41.9. The number of carbonyl (C=O) groups is 3. The molecule has 12 heteroatoms. The van der Waals surface area contributed by atoms with Crippen molar-refractivity contribution in [1.29, 1.82) is 0 Å². The lowest BCUT2D eigenvalue weighted by Crippen LogP contribution is -2.50. The maximum absolute atomic E-state index is 14.3. The molecule has 0 aliphatic carbocycles. The van der Waals surface area contributed by atoms with Crippen molar-refractivity contribution in [3.8, 4) is 11.1 Å². The Kier molecular flexibility index (Phi) is 11.9. The molecule has 0 radical (unpaired) electrons. The van der Waals surface area contributed by atoms with Gasteiger partial charge in [0, 0.05) is 30.8 Å². The predicted molar refractivity (Wildman–Crippen MR) is 179 cm³/mol. The van der Waals surface area contributed by atoms with E-state index in [4.69, 9.17) is 11.6 Å². The molecule has 1 aliphatic rings. The van der Waals surface area contributed by atoms with Gasteiger partial charge in [0.15, 0.2) is 0 Å². The molecule has 4 aromatic rings. The van der Waals surface area contributed by atoms with Gasteiger partial charge >= 0.3 is 0 Å². The molecule has 5 rings (SSSR count).